The van der Waals surface area contributed by atoms with E-state index in [4.69, 9.17) is 29.4 Å². The van der Waals surface area contributed by atoms with Crippen molar-refractivity contribution in [3.8, 4) is 11.5 Å². The lowest BCUT2D eigenvalue weighted by Gasteiger charge is -2.32. The van der Waals surface area contributed by atoms with Crippen LogP contribution in [0.5, 0.6) is 11.5 Å². The minimum absolute atomic E-state index is 0.142. The van der Waals surface area contributed by atoms with Crippen LogP contribution in [0.25, 0.3) is 0 Å². The molecule has 43 heavy (non-hydrogen) atoms. The fourth-order valence-electron chi connectivity index (χ4n) is 4.59. The molecule has 0 saturated carbocycles. The SMILES string of the molecule is CCCC(C)OC(=O)Oc1ccc(C(C(C)C(C)OC(=O)c2ccccc2)[C@H](N)C(=O)O)cc1OC(=O)OC(C)CCC. The molecule has 0 aromatic heterocycles. The summed E-state index contributed by atoms with van der Waals surface area (Å²) in [4.78, 5) is 49.9. The number of hydrogen-bond donors (Lipinski definition) is 2. The van der Waals surface area contributed by atoms with Crippen LogP contribution in [0.3, 0.4) is 0 Å². The second-order valence-corrected chi connectivity index (χ2v) is 10.6. The number of carbonyl (C=O) groups is 4. The molecule has 11 nitrogen and oxygen atoms in total. The summed E-state index contributed by atoms with van der Waals surface area (Å²) in [5.74, 6) is -3.74. The van der Waals surface area contributed by atoms with Crippen LogP contribution in [0.15, 0.2) is 48.5 Å². The Morgan fingerprint density at radius 1 is 0.767 bits per heavy atom. The number of rotatable bonds is 15. The summed E-state index contributed by atoms with van der Waals surface area (Å²) in [5, 5.41) is 9.85. The Hall–Kier alpha value is -4.12. The molecule has 6 atom stereocenters. The Labute approximate surface area is 252 Å². The number of nitrogens with two attached hydrogens (primary N) is 1. The Kier molecular flexibility index (Phi) is 14.0. The van der Waals surface area contributed by atoms with Crippen molar-refractivity contribution in [1.29, 1.82) is 0 Å². The van der Waals surface area contributed by atoms with E-state index in [0.717, 1.165) is 12.8 Å². The van der Waals surface area contributed by atoms with Crippen molar-refractivity contribution < 1.29 is 48.0 Å². The zero-order valence-corrected chi connectivity index (χ0v) is 25.6. The summed E-state index contributed by atoms with van der Waals surface area (Å²) in [6, 6.07) is 11.2. The summed E-state index contributed by atoms with van der Waals surface area (Å²) in [6.07, 6.45) is -0.836. The molecule has 0 spiro atoms. The van der Waals surface area contributed by atoms with E-state index in [2.05, 4.69) is 0 Å². The van der Waals surface area contributed by atoms with Crippen LogP contribution in [0, 0.1) is 5.92 Å². The molecule has 0 amide bonds. The third-order valence-corrected chi connectivity index (χ3v) is 7.01. The van der Waals surface area contributed by atoms with E-state index in [1.54, 1.807) is 58.0 Å². The molecular formula is C32H43NO10. The molecule has 3 N–H and O–H groups in total. The monoisotopic (exact) mass is 601 g/mol. The van der Waals surface area contributed by atoms with Crippen LogP contribution in [-0.2, 0) is 19.0 Å². The van der Waals surface area contributed by atoms with E-state index < -0.39 is 60.4 Å². The van der Waals surface area contributed by atoms with Crippen LogP contribution >= 0.6 is 0 Å². The topological polar surface area (TPSA) is 161 Å². The lowest BCUT2D eigenvalue weighted by Crippen LogP contribution is -2.42. The first kappa shape index (κ1) is 35.1. The average Bonchev–Trinajstić information content (AvgIpc) is 2.94. The molecule has 2 aromatic carbocycles. The highest BCUT2D eigenvalue weighted by Gasteiger charge is 2.36. The zero-order chi connectivity index (χ0) is 32.1. The molecule has 0 heterocycles. The van der Waals surface area contributed by atoms with Crippen molar-refractivity contribution in [2.24, 2.45) is 11.7 Å². The van der Waals surface area contributed by atoms with Crippen LogP contribution in [0.2, 0.25) is 0 Å². The maximum absolute atomic E-state index is 12.7. The number of carboxylic acids is 1. The van der Waals surface area contributed by atoms with Gasteiger partial charge in [0.25, 0.3) is 0 Å². The first-order valence-electron chi connectivity index (χ1n) is 14.5. The van der Waals surface area contributed by atoms with E-state index in [-0.39, 0.29) is 11.5 Å². The van der Waals surface area contributed by atoms with E-state index in [1.807, 2.05) is 13.8 Å². The van der Waals surface area contributed by atoms with E-state index in [1.165, 1.54) is 18.2 Å². The maximum Gasteiger partial charge on any atom is 0.514 e. The van der Waals surface area contributed by atoms with Gasteiger partial charge < -0.3 is 34.5 Å². The van der Waals surface area contributed by atoms with Crippen molar-refractivity contribution in [2.45, 2.75) is 97.5 Å². The number of hydrogen-bond acceptors (Lipinski definition) is 10. The van der Waals surface area contributed by atoms with Gasteiger partial charge in [0.05, 0.1) is 5.56 Å². The van der Waals surface area contributed by atoms with Gasteiger partial charge >= 0.3 is 24.2 Å². The fourth-order valence-corrected chi connectivity index (χ4v) is 4.59. The number of esters is 1. The summed E-state index contributed by atoms with van der Waals surface area (Å²) in [6.45, 7) is 10.7. The minimum Gasteiger partial charge on any atom is -0.480 e. The number of aliphatic carboxylic acids is 1. The predicted octanol–water partition coefficient (Wildman–Crippen LogP) is 6.47. The molecule has 2 aromatic rings. The van der Waals surface area contributed by atoms with Gasteiger partial charge in [-0.05, 0) is 63.4 Å². The summed E-state index contributed by atoms with van der Waals surface area (Å²) >= 11 is 0. The van der Waals surface area contributed by atoms with Gasteiger partial charge in [0.1, 0.15) is 24.4 Å². The largest absolute Gasteiger partial charge is 0.514 e. The third kappa shape index (κ3) is 10.9. The smallest absolute Gasteiger partial charge is 0.480 e. The molecule has 0 aliphatic heterocycles. The third-order valence-electron chi connectivity index (χ3n) is 7.01. The minimum atomic E-state index is -1.43. The maximum atomic E-state index is 12.7. The second kappa shape index (κ2) is 17.1. The molecule has 0 aliphatic carbocycles. The molecule has 11 heteroatoms. The zero-order valence-electron chi connectivity index (χ0n) is 25.6. The molecule has 0 aliphatic rings. The fraction of sp³-hybridized carbons (Fsp3) is 0.500. The number of carbonyl (C=O) groups excluding carboxylic acids is 3. The van der Waals surface area contributed by atoms with Crippen molar-refractivity contribution >= 4 is 24.2 Å². The molecule has 0 fully saturated rings. The van der Waals surface area contributed by atoms with E-state index in [9.17, 15) is 24.3 Å². The molecule has 236 valence electrons. The van der Waals surface area contributed by atoms with Crippen molar-refractivity contribution in [1.82, 2.24) is 0 Å². The van der Waals surface area contributed by atoms with Gasteiger partial charge in [-0.2, -0.15) is 0 Å². The quantitative estimate of drug-likeness (QED) is 0.131. The van der Waals surface area contributed by atoms with Gasteiger partial charge in [0.2, 0.25) is 0 Å². The Morgan fingerprint density at radius 3 is 1.81 bits per heavy atom. The van der Waals surface area contributed by atoms with Crippen molar-refractivity contribution in [3.05, 3.63) is 59.7 Å². The lowest BCUT2D eigenvalue weighted by molar-refractivity contribution is -0.139. The summed E-state index contributed by atoms with van der Waals surface area (Å²) in [7, 11) is 0. The average molecular weight is 602 g/mol. The van der Waals surface area contributed by atoms with Crippen molar-refractivity contribution in [3.63, 3.8) is 0 Å². The summed E-state index contributed by atoms with van der Waals surface area (Å²) in [5.41, 5.74) is 6.83. The van der Waals surface area contributed by atoms with Gasteiger partial charge in [0.15, 0.2) is 11.5 Å². The Morgan fingerprint density at radius 2 is 1.30 bits per heavy atom. The molecule has 0 bridgehead atoms. The van der Waals surface area contributed by atoms with Gasteiger partial charge in [-0.3, -0.25) is 4.79 Å². The first-order valence-corrected chi connectivity index (χ1v) is 14.5. The predicted molar refractivity (Wildman–Crippen MR) is 158 cm³/mol. The van der Waals surface area contributed by atoms with Crippen LogP contribution in [0.4, 0.5) is 9.59 Å². The number of carboxylic acid groups (broad SMARTS) is 1. The number of benzene rings is 2. The Balaban J connectivity index is 2.43. The Bertz CT molecular complexity index is 1220. The van der Waals surface area contributed by atoms with Gasteiger partial charge in [-0.1, -0.05) is 57.9 Å². The molecular weight excluding hydrogens is 558 g/mol. The number of ether oxygens (including phenoxy) is 5. The second-order valence-electron chi connectivity index (χ2n) is 10.6. The molecule has 2 rings (SSSR count). The molecule has 5 unspecified atom stereocenters. The standard InChI is InChI=1S/C32H43NO10/c1-7-12-19(3)39-31(37)42-25-17-16-24(18-26(25)43-32(38)40-20(4)13-8-2)27(28(33)29(34)35)21(5)22(6)41-30(36)23-14-10-9-11-15-23/h9-11,14-22,27-28H,7-8,12-13,33H2,1-6H3,(H,34,35)/t19?,20?,21?,22?,27?,28-/m0/s1. The lowest BCUT2D eigenvalue weighted by atomic mass is 9.79. The van der Waals surface area contributed by atoms with Crippen LogP contribution in [-0.4, -0.2) is 53.7 Å². The van der Waals surface area contributed by atoms with Gasteiger partial charge in [0, 0.05) is 11.8 Å². The van der Waals surface area contributed by atoms with E-state index >= 15 is 0 Å². The molecule has 0 saturated heterocycles. The summed E-state index contributed by atoms with van der Waals surface area (Å²) < 4.78 is 27.0. The van der Waals surface area contributed by atoms with Gasteiger partial charge in [-0.25, -0.2) is 14.4 Å². The highest BCUT2D eigenvalue weighted by molar-refractivity contribution is 5.89. The normalized spacial score (nSPS) is 15.1. The highest BCUT2D eigenvalue weighted by Crippen LogP contribution is 2.37. The molecule has 0 radical (unpaired) electrons. The van der Waals surface area contributed by atoms with Gasteiger partial charge in [-0.15, -0.1) is 0 Å². The van der Waals surface area contributed by atoms with Crippen molar-refractivity contribution in [2.75, 3.05) is 0 Å². The van der Waals surface area contributed by atoms with Crippen LogP contribution < -0.4 is 15.2 Å². The first-order chi connectivity index (χ1) is 20.4. The van der Waals surface area contributed by atoms with Crippen LogP contribution in [0.1, 0.15) is 89.1 Å². The highest BCUT2D eigenvalue weighted by atomic mass is 16.7. The van der Waals surface area contributed by atoms with E-state index in [0.29, 0.717) is 24.0 Å².